The maximum Gasteiger partial charge on any atom is 0.0486 e. The average Bonchev–Trinajstić information content (AvgIpc) is 2.86. The van der Waals surface area contributed by atoms with Gasteiger partial charge in [-0.2, -0.15) is 0 Å². The fourth-order valence-electron chi connectivity index (χ4n) is 2.69. The number of hydrogen-bond donors (Lipinski definition) is 1. The van der Waals surface area contributed by atoms with Gasteiger partial charge in [-0.15, -0.1) is 0 Å². The van der Waals surface area contributed by atoms with Crippen molar-refractivity contribution in [2.75, 3.05) is 0 Å². The van der Waals surface area contributed by atoms with E-state index < -0.39 is 0 Å². The first-order chi connectivity index (χ1) is 9.81. The molecule has 0 bridgehead atoms. The molecule has 1 aromatic heterocycles. The van der Waals surface area contributed by atoms with E-state index in [1.807, 2.05) is 0 Å². The highest BCUT2D eigenvalue weighted by Gasteiger charge is 2.07. The molecule has 3 aromatic rings. The van der Waals surface area contributed by atoms with E-state index in [-0.39, 0.29) is 0 Å². The van der Waals surface area contributed by atoms with Gasteiger partial charge in [0.15, 0.2) is 0 Å². The molecule has 0 aliphatic heterocycles. The zero-order valence-corrected chi connectivity index (χ0v) is 11.8. The number of nitrogens with two attached hydrogens (primary N) is 1. The zero-order valence-electron chi connectivity index (χ0n) is 11.8. The lowest BCUT2D eigenvalue weighted by atomic mass is 10.1. The molecular weight excluding hydrogens is 244 g/mol. The molecule has 102 valence electrons. The molecule has 0 amide bonds. The molecule has 2 aromatic carbocycles. The van der Waals surface area contributed by atoms with E-state index in [2.05, 4.69) is 66.1 Å². The zero-order chi connectivity index (χ0) is 13.9. The Hall–Kier alpha value is -2.06. The first-order valence-electron chi connectivity index (χ1n) is 7.17. The third kappa shape index (κ3) is 2.35. The van der Waals surface area contributed by atoms with Crippen LogP contribution in [0.5, 0.6) is 0 Å². The van der Waals surface area contributed by atoms with Crippen LogP contribution in [-0.4, -0.2) is 4.57 Å². The standard InChI is InChI=1S/C18H20N2/c1-2-14-7-9-15(10-8-14)13-20-17(12-19)11-16-5-3-4-6-18(16)20/h3-11H,2,12-13,19H2,1H3. The van der Waals surface area contributed by atoms with Crippen molar-refractivity contribution in [1.29, 1.82) is 0 Å². The maximum absolute atomic E-state index is 5.89. The molecule has 0 spiro atoms. The van der Waals surface area contributed by atoms with Crippen LogP contribution < -0.4 is 5.73 Å². The van der Waals surface area contributed by atoms with Crippen LogP contribution in [-0.2, 0) is 19.5 Å². The molecule has 1 heterocycles. The lowest BCUT2D eigenvalue weighted by Gasteiger charge is -2.10. The van der Waals surface area contributed by atoms with Gasteiger partial charge in [-0.05, 0) is 35.1 Å². The Morgan fingerprint density at radius 3 is 2.35 bits per heavy atom. The van der Waals surface area contributed by atoms with Gasteiger partial charge < -0.3 is 10.3 Å². The summed E-state index contributed by atoms with van der Waals surface area (Å²) in [5, 5.41) is 1.26. The van der Waals surface area contributed by atoms with Crippen molar-refractivity contribution in [2.24, 2.45) is 5.73 Å². The molecule has 2 nitrogen and oxygen atoms in total. The summed E-state index contributed by atoms with van der Waals surface area (Å²) in [7, 11) is 0. The third-order valence-corrected chi connectivity index (χ3v) is 3.88. The highest BCUT2D eigenvalue weighted by Crippen LogP contribution is 2.21. The van der Waals surface area contributed by atoms with E-state index in [0.29, 0.717) is 6.54 Å². The summed E-state index contributed by atoms with van der Waals surface area (Å²) in [4.78, 5) is 0. The summed E-state index contributed by atoms with van der Waals surface area (Å²) in [5.74, 6) is 0. The quantitative estimate of drug-likeness (QED) is 0.765. The highest BCUT2D eigenvalue weighted by atomic mass is 15.0. The molecule has 3 rings (SSSR count). The maximum atomic E-state index is 5.89. The second kappa shape index (κ2) is 5.51. The van der Waals surface area contributed by atoms with E-state index in [0.717, 1.165) is 13.0 Å². The predicted molar refractivity (Wildman–Crippen MR) is 84.8 cm³/mol. The monoisotopic (exact) mass is 264 g/mol. The molecule has 2 heteroatoms. The van der Waals surface area contributed by atoms with Crippen molar-refractivity contribution in [2.45, 2.75) is 26.4 Å². The number of hydrogen-bond acceptors (Lipinski definition) is 1. The minimum absolute atomic E-state index is 0.571. The molecule has 0 aliphatic rings. The highest BCUT2D eigenvalue weighted by molar-refractivity contribution is 5.81. The van der Waals surface area contributed by atoms with E-state index >= 15 is 0 Å². The van der Waals surface area contributed by atoms with Crippen molar-refractivity contribution in [3.63, 3.8) is 0 Å². The fraction of sp³-hybridized carbons (Fsp3) is 0.222. The summed E-state index contributed by atoms with van der Waals surface area (Å²) >= 11 is 0. The van der Waals surface area contributed by atoms with Crippen LogP contribution in [0, 0.1) is 0 Å². The molecule has 0 atom stereocenters. The smallest absolute Gasteiger partial charge is 0.0486 e. The summed E-state index contributed by atoms with van der Waals surface area (Å²) in [5.41, 5.74) is 11.0. The third-order valence-electron chi connectivity index (χ3n) is 3.88. The normalized spacial score (nSPS) is 11.1. The van der Waals surface area contributed by atoms with Crippen molar-refractivity contribution < 1.29 is 0 Å². The van der Waals surface area contributed by atoms with Crippen LogP contribution in [0.3, 0.4) is 0 Å². The van der Waals surface area contributed by atoms with Crippen molar-refractivity contribution in [3.05, 3.63) is 71.4 Å². The van der Waals surface area contributed by atoms with E-state index in [4.69, 9.17) is 5.73 Å². The van der Waals surface area contributed by atoms with Gasteiger partial charge in [0.25, 0.3) is 0 Å². The lowest BCUT2D eigenvalue weighted by Crippen LogP contribution is -2.08. The second-order valence-electron chi connectivity index (χ2n) is 5.15. The summed E-state index contributed by atoms with van der Waals surface area (Å²) in [6.45, 7) is 3.63. The predicted octanol–water partition coefficient (Wildman–Crippen LogP) is 3.71. The Morgan fingerprint density at radius 1 is 0.950 bits per heavy atom. The molecule has 0 saturated carbocycles. The Labute approximate surface area is 119 Å². The molecule has 0 radical (unpaired) electrons. The van der Waals surface area contributed by atoms with Gasteiger partial charge in [-0.25, -0.2) is 0 Å². The Kier molecular flexibility index (Phi) is 3.57. The number of aromatic nitrogens is 1. The lowest BCUT2D eigenvalue weighted by molar-refractivity contribution is 0.767. The molecule has 20 heavy (non-hydrogen) atoms. The molecule has 0 unspecified atom stereocenters. The van der Waals surface area contributed by atoms with Crippen LogP contribution in [0.1, 0.15) is 23.7 Å². The van der Waals surface area contributed by atoms with Gasteiger partial charge in [-0.1, -0.05) is 49.4 Å². The van der Waals surface area contributed by atoms with Gasteiger partial charge >= 0.3 is 0 Å². The Balaban J connectivity index is 2.00. The first-order valence-corrected chi connectivity index (χ1v) is 7.17. The first kappa shape index (κ1) is 12.9. The molecule has 0 fully saturated rings. The number of nitrogens with zero attached hydrogens (tertiary/aromatic N) is 1. The SMILES string of the molecule is CCc1ccc(Cn2c(CN)cc3ccccc32)cc1. The number of aryl methyl sites for hydroxylation is 1. The van der Waals surface area contributed by atoms with Crippen LogP contribution in [0.15, 0.2) is 54.6 Å². The second-order valence-corrected chi connectivity index (χ2v) is 5.15. The van der Waals surface area contributed by atoms with Crippen LogP contribution in [0.25, 0.3) is 10.9 Å². The average molecular weight is 264 g/mol. The van der Waals surface area contributed by atoms with Gasteiger partial charge in [0, 0.05) is 24.3 Å². The molecular formula is C18H20N2. The summed E-state index contributed by atoms with van der Waals surface area (Å²) < 4.78 is 2.32. The van der Waals surface area contributed by atoms with Crippen molar-refractivity contribution >= 4 is 10.9 Å². The van der Waals surface area contributed by atoms with Crippen LogP contribution in [0.2, 0.25) is 0 Å². The number of rotatable bonds is 4. The van der Waals surface area contributed by atoms with E-state index in [9.17, 15) is 0 Å². The van der Waals surface area contributed by atoms with E-state index in [1.165, 1.54) is 27.7 Å². The Bertz CT molecular complexity index is 708. The minimum Gasteiger partial charge on any atom is -0.339 e. The van der Waals surface area contributed by atoms with Crippen molar-refractivity contribution in [1.82, 2.24) is 4.57 Å². The summed E-state index contributed by atoms with van der Waals surface area (Å²) in [6, 6.07) is 19.5. The largest absolute Gasteiger partial charge is 0.339 e. The topological polar surface area (TPSA) is 30.9 Å². The number of benzene rings is 2. The van der Waals surface area contributed by atoms with Gasteiger partial charge in [-0.3, -0.25) is 0 Å². The fourth-order valence-corrected chi connectivity index (χ4v) is 2.69. The van der Waals surface area contributed by atoms with Crippen LogP contribution in [0.4, 0.5) is 0 Å². The summed E-state index contributed by atoms with van der Waals surface area (Å²) in [6.07, 6.45) is 1.08. The van der Waals surface area contributed by atoms with Crippen LogP contribution >= 0.6 is 0 Å². The minimum atomic E-state index is 0.571. The van der Waals surface area contributed by atoms with Gasteiger partial charge in [0.05, 0.1) is 0 Å². The Morgan fingerprint density at radius 2 is 1.65 bits per heavy atom. The molecule has 0 aliphatic carbocycles. The van der Waals surface area contributed by atoms with E-state index in [1.54, 1.807) is 0 Å². The van der Waals surface area contributed by atoms with Crippen molar-refractivity contribution in [3.8, 4) is 0 Å². The number of fused-ring (bicyclic) bond motifs is 1. The van der Waals surface area contributed by atoms with Gasteiger partial charge in [0.2, 0.25) is 0 Å². The van der Waals surface area contributed by atoms with Gasteiger partial charge in [0.1, 0.15) is 0 Å². The molecule has 2 N–H and O–H groups in total. The molecule has 0 saturated heterocycles. The number of para-hydroxylation sites is 1.